The maximum atomic E-state index is 12.7. The van der Waals surface area contributed by atoms with Gasteiger partial charge in [-0.1, -0.05) is 121 Å². The molecule has 2 heterocycles. The third-order valence-electron chi connectivity index (χ3n) is 9.35. The topological polar surface area (TPSA) is 123 Å². The Morgan fingerprint density at radius 1 is 0.660 bits per heavy atom. The van der Waals surface area contributed by atoms with Crippen LogP contribution in [0.3, 0.4) is 0 Å². The van der Waals surface area contributed by atoms with E-state index < -0.39 is 61.3 Å². The van der Waals surface area contributed by atoms with Gasteiger partial charge < -0.3 is 48.3 Å². The van der Waals surface area contributed by atoms with Gasteiger partial charge in [0.05, 0.1) is 38.6 Å². The number of carbonyl (C=O) groups excluding carboxylic acids is 1. The van der Waals surface area contributed by atoms with Crippen LogP contribution in [0.4, 0.5) is 4.79 Å². The molecule has 0 radical (unpaired) electrons. The number of hydrogen-bond donors (Lipinski definition) is 2. The van der Waals surface area contributed by atoms with Crippen LogP contribution in [0.2, 0.25) is 0 Å². The van der Waals surface area contributed by atoms with Crippen molar-refractivity contribution in [1.82, 2.24) is 5.32 Å². The van der Waals surface area contributed by atoms with Gasteiger partial charge in [0.2, 0.25) is 0 Å². The molecule has 1 amide bonds. The lowest BCUT2D eigenvalue weighted by Gasteiger charge is -2.46. The predicted octanol–water partition coefficient (Wildman–Crippen LogP) is 5.92. The van der Waals surface area contributed by atoms with Crippen LogP contribution in [0.15, 0.2) is 121 Å². The van der Waals surface area contributed by atoms with Crippen LogP contribution >= 0.6 is 0 Å². The van der Waals surface area contributed by atoms with Gasteiger partial charge >= 0.3 is 6.09 Å². The van der Waals surface area contributed by atoms with Gasteiger partial charge in [0.25, 0.3) is 0 Å². The normalized spacial score (nSPS) is 27.2. The molecular formula is C42H49NO10. The third kappa shape index (κ3) is 11.2. The highest BCUT2D eigenvalue weighted by Crippen LogP contribution is 2.32. The summed E-state index contributed by atoms with van der Waals surface area (Å²) in [7, 11) is 1.57. The zero-order chi connectivity index (χ0) is 36.8. The summed E-state index contributed by atoms with van der Waals surface area (Å²) in [5.74, 6) is 0. The van der Waals surface area contributed by atoms with Crippen LogP contribution in [-0.2, 0) is 64.3 Å². The van der Waals surface area contributed by atoms with Gasteiger partial charge in [0.15, 0.2) is 12.6 Å². The van der Waals surface area contributed by atoms with Crippen LogP contribution in [0.25, 0.3) is 0 Å². The van der Waals surface area contributed by atoms with E-state index in [9.17, 15) is 9.90 Å². The zero-order valence-electron chi connectivity index (χ0n) is 30.1. The summed E-state index contributed by atoms with van der Waals surface area (Å²) in [4.78, 5) is 12.7. The smallest absolute Gasteiger partial charge is 0.407 e. The Bertz CT molecular complexity index is 1630. The molecule has 4 aromatic rings. The van der Waals surface area contributed by atoms with Crippen molar-refractivity contribution < 1.29 is 47.8 Å². The number of methoxy groups -OCH3 is 1. The van der Waals surface area contributed by atoms with Crippen molar-refractivity contribution in [3.63, 3.8) is 0 Å². The van der Waals surface area contributed by atoms with Crippen molar-refractivity contribution in [2.45, 2.75) is 95.0 Å². The molecule has 0 saturated carbocycles. The standard InChI is InChI=1S/C42H49NO10/c1-29-37(44)34(43-42(45)51-27-33-21-13-6-14-22-33)23-36(52-29)47-28-35-38(48-24-30-15-7-3-8-16-30)39(49-25-31-17-9-4-10-18-31)40(41(46-2)53-35)50-26-32-19-11-5-12-20-32/h3-22,29,34-41,44H,23-28H2,1-2H3,(H,43,45)/t29-,34+,35+,36+,37-,38+,39-,40+,41-/m0/s1. The average Bonchev–Trinajstić information content (AvgIpc) is 3.20. The number of aliphatic hydroxyl groups is 1. The molecule has 0 unspecified atom stereocenters. The number of carbonyl (C=O) groups is 1. The van der Waals surface area contributed by atoms with Crippen molar-refractivity contribution in [3.05, 3.63) is 144 Å². The lowest BCUT2D eigenvalue weighted by Crippen LogP contribution is -2.62. The molecule has 11 nitrogen and oxygen atoms in total. The molecule has 9 atom stereocenters. The van der Waals surface area contributed by atoms with Gasteiger partial charge in [-0.2, -0.15) is 0 Å². The number of hydrogen-bond acceptors (Lipinski definition) is 10. The fourth-order valence-corrected chi connectivity index (χ4v) is 6.49. The van der Waals surface area contributed by atoms with E-state index in [0.29, 0.717) is 19.8 Å². The summed E-state index contributed by atoms with van der Waals surface area (Å²) < 4.78 is 50.1. The monoisotopic (exact) mass is 727 g/mol. The largest absolute Gasteiger partial charge is 0.445 e. The zero-order valence-corrected chi connectivity index (χ0v) is 30.1. The van der Waals surface area contributed by atoms with Crippen LogP contribution in [0.5, 0.6) is 0 Å². The van der Waals surface area contributed by atoms with Gasteiger partial charge in [0, 0.05) is 13.5 Å². The Hall–Kier alpha value is -4.17. The molecule has 2 N–H and O–H groups in total. The van der Waals surface area contributed by atoms with Crippen LogP contribution in [0, 0.1) is 0 Å². The number of rotatable bonds is 16. The molecule has 11 heteroatoms. The average molecular weight is 728 g/mol. The number of amides is 1. The summed E-state index contributed by atoms with van der Waals surface area (Å²) in [6.07, 6.45) is -6.26. The molecule has 4 aromatic carbocycles. The van der Waals surface area contributed by atoms with Crippen LogP contribution < -0.4 is 5.32 Å². The minimum atomic E-state index is -0.969. The molecule has 2 saturated heterocycles. The van der Waals surface area contributed by atoms with Crippen molar-refractivity contribution in [2.24, 2.45) is 0 Å². The lowest BCUT2D eigenvalue weighted by molar-refractivity contribution is -0.330. The molecule has 53 heavy (non-hydrogen) atoms. The van der Waals surface area contributed by atoms with Gasteiger partial charge in [0.1, 0.15) is 37.1 Å². The van der Waals surface area contributed by atoms with Gasteiger partial charge in [-0.25, -0.2) is 4.79 Å². The van der Waals surface area contributed by atoms with E-state index in [1.54, 1.807) is 14.0 Å². The number of aliphatic hydroxyl groups excluding tert-OH is 1. The molecule has 2 fully saturated rings. The fraction of sp³-hybridized carbons (Fsp3) is 0.405. The van der Waals surface area contributed by atoms with E-state index >= 15 is 0 Å². The Labute approximate surface area is 311 Å². The molecule has 0 spiro atoms. The van der Waals surface area contributed by atoms with Crippen molar-refractivity contribution in [2.75, 3.05) is 13.7 Å². The van der Waals surface area contributed by atoms with Crippen LogP contribution in [-0.4, -0.2) is 80.2 Å². The summed E-state index contributed by atoms with van der Waals surface area (Å²) in [5, 5.41) is 13.7. The minimum absolute atomic E-state index is 0.0363. The van der Waals surface area contributed by atoms with E-state index in [0.717, 1.165) is 22.3 Å². The van der Waals surface area contributed by atoms with E-state index in [2.05, 4.69) is 5.32 Å². The molecule has 6 rings (SSSR count). The molecule has 282 valence electrons. The number of nitrogens with one attached hydrogen (secondary N) is 1. The highest BCUT2D eigenvalue weighted by Gasteiger charge is 2.49. The Morgan fingerprint density at radius 2 is 1.13 bits per heavy atom. The second kappa shape index (κ2) is 19.8. The second-order valence-electron chi connectivity index (χ2n) is 13.2. The first-order valence-corrected chi connectivity index (χ1v) is 18.0. The van der Waals surface area contributed by atoms with Crippen molar-refractivity contribution >= 4 is 6.09 Å². The molecular weight excluding hydrogens is 678 g/mol. The van der Waals surface area contributed by atoms with E-state index in [1.807, 2.05) is 121 Å². The Balaban J connectivity index is 1.17. The van der Waals surface area contributed by atoms with Crippen molar-refractivity contribution in [1.29, 1.82) is 0 Å². The highest BCUT2D eigenvalue weighted by molar-refractivity contribution is 5.67. The number of ether oxygens (including phenoxy) is 8. The van der Waals surface area contributed by atoms with Gasteiger partial charge in [-0.15, -0.1) is 0 Å². The second-order valence-corrected chi connectivity index (χ2v) is 13.2. The first-order valence-electron chi connectivity index (χ1n) is 18.0. The lowest BCUT2D eigenvalue weighted by atomic mass is 9.97. The predicted molar refractivity (Wildman–Crippen MR) is 195 cm³/mol. The molecule has 0 aromatic heterocycles. The van der Waals surface area contributed by atoms with Crippen LogP contribution in [0.1, 0.15) is 35.6 Å². The first-order chi connectivity index (χ1) is 26.0. The van der Waals surface area contributed by atoms with E-state index in [4.69, 9.17) is 37.9 Å². The Kier molecular flexibility index (Phi) is 14.4. The Morgan fingerprint density at radius 3 is 1.64 bits per heavy atom. The first kappa shape index (κ1) is 38.6. The van der Waals surface area contributed by atoms with Gasteiger partial charge in [-0.05, 0) is 29.2 Å². The fourth-order valence-electron chi connectivity index (χ4n) is 6.49. The summed E-state index contributed by atoms with van der Waals surface area (Å²) >= 11 is 0. The minimum Gasteiger partial charge on any atom is -0.445 e. The third-order valence-corrected chi connectivity index (χ3v) is 9.35. The maximum absolute atomic E-state index is 12.7. The molecule has 0 aliphatic carbocycles. The summed E-state index contributed by atoms with van der Waals surface area (Å²) in [6, 6.07) is 38.4. The van der Waals surface area contributed by atoms with E-state index in [1.165, 1.54) is 0 Å². The molecule has 0 bridgehead atoms. The SMILES string of the molecule is CO[C@H]1O[C@H](CO[C@H]2C[C@@H](NC(=O)OCc3ccccc3)[C@@H](O)[C@H](C)O2)[C@@H](OCc2ccccc2)[C@H](OCc2ccccc2)[C@H]1OCc1ccccc1. The quantitative estimate of drug-likeness (QED) is 0.144. The number of alkyl carbamates (subject to hydrolysis) is 1. The molecule has 2 aliphatic heterocycles. The maximum Gasteiger partial charge on any atom is 0.407 e. The summed E-state index contributed by atoms with van der Waals surface area (Å²) in [6.45, 7) is 2.78. The highest BCUT2D eigenvalue weighted by atomic mass is 16.7. The summed E-state index contributed by atoms with van der Waals surface area (Å²) in [5.41, 5.74) is 3.83. The molecule has 2 aliphatic rings. The van der Waals surface area contributed by atoms with Crippen molar-refractivity contribution in [3.8, 4) is 0 Å². The van der Waals surface area contributed by atoms with E-state index in [-0.39, 0.29) is 19.6 Å². The van der Waals surface area contributed by atoms with Gasteiger partial charge in [-0.3, -0.25) is 0 Å². The number of benzene rings is 4.